The predicted molar refractivity (Wildman–Crippen MR) is 93.3 cm³/mol. The van der Waals surface area contributed by atoms with Crippen molar-refractivity contribution in [1.82, 2.24) is 15.1 Å². The standard InChI is InChI=1S/C19H25N3O2/c1-13-18(14(2)22(21-13)17-6-4-3-5-7-17)19(24)20-16-10-8-15(12-23)9-11-16/h3-7,15-16,23H,8-12H2,1-2H3,(H,20,24). The quantitative estimate of drug-likeness (QED) is 0.907. The minimum Gasteiger partial charge on any atom is -0.396 e. The fraction of sp³-hybridized carbons (Fsp3) is 0.474. The fourth-order valence-electron chi connectivity index (χ4n) is 3.54. The molecule has 1 aromatic carbocycles. The van der Waals surface area contributed by atoms with Crippen LogP contribution in [0.25, 0.3) is 5.69 Å². The Labute approximate surface area is 142 Å². The van der Waals surface area contributed by atoms with Gasteiger partial charge >= 0.3 is 0 Å². The van der Waals surface area contributed by atoms with Gasteiger partial charge in [0, 0.05) is 12.6 Å². The molecule has 24 heavy (non-hydrogen) atoms. The third-order valence-electron chi connectivity index (χ3n) is 4.96. The zero-order chi connectivity index (χ0) is 17.1. The van der Waals surface area contributed by atoms with Gasteiger partial charge in [0.1, 0.15) is 0 Å². The van der Waals surface area contributed by atoms with Gasteiger partial charge in [0.25, 0.3) is 5.91 Å². The molecule has 0 atom stereocenters. The molecule has 1 saturated carbocycles. The topological polar surface area (TPSA) is 67.2 Å². The maximum Gasteiger partial charge on any atom is 0.255 e. The first-order valence-electron chi connectivity index (χ1n) is 8.63. The smallest absolute Gasteiger partial charge is 0.255 e. The number of nitrogens with zero attached hydrogens (tertiary/aromatic N) is 2. The average molecular weight is 327 g/mol. The van der Waals surface area contributed by atoms with Gasteiger partial charge in [-0.1, -0.05) is 18.2 Å². The summed E-state index contributed by atoms with van der Waals surface area (Å²) in [5.41, 5.74) is 3.24. The van der Waals surface area contributed by atoms with E-state index >= 15 is 0 Å². The molecule has 5 heteroatoms. The summed E-state index contributed by atoms with van der Waals surface area (Å²) >= 11 is 0. The van der Waals surface area contributed by atoms with Crippen LogP contribution in [0.1, 0.15) is 47.4 Å². The molecule has 1 heterocycles. The minimum atomic E-state index is -0.0420. The molecule has 2 aromatic rings. The van der Waals surface area contributed by atoms with Crippen molar-refractivity contribution in [2.75, 3.05) is 6.61 Å². The summed E-state index contributed by atoms with van der Waals surface area (Å²) in [6, 6.07) is 10.1. The lowest BCUT2D eigenvalue weighted by atomic mass is 9.86. The Morgan fingerprint density at radius 2 is 1.88 bits per heavy atom. The Hall–Kier alpha value is -2.14. The summed E-state index contributed by atoms with van der Waals surface area (Å²) in [6.45, 7) is 4.07. The molecule has 0 spiro atoms. The van der Waals surface area contributed by atoms with Crippen LogP contribution in [-0.4, -0.2) is 33.4 Å². The Morgan fingerprint density at radius 3 is 2.50 bits per heavy atom. The number of para-hydroxylation sites is 1. The Bertz CT molecular complexity index is 701. The molecule has 5 nitrogen and oxygen atoms in total. The van der Waals surface area contributed by atoms with Gasteiger partial charge in [-0.05, 0) is 57.6 Å². The van der Waals surface area contributed by atoms with E-state index in [-0.39, 0.29) is 18.6 Å². The molecule has 2 N–H and O–H groups in total. The Morgan fingerprint density at radius 1 is 1.21 bits per heavy atom. The van der Waals surface area contributed by atoms with Gasteiger partial charge in [-0.3, -0.25) is 4.79 Å². The molecule has 128 valence electrons. The molecule has 1 aliphatic rings. The number of hydrogen-bond donors (Lipinski definition) is 2. The van der Waals surface area contributed by atoms with Crippen molar-refractivity contribution in [2.24, 2.45) is 5.92 Å². The number of aliphatic hydroxyl groups is 1. The number of carbonyl (C=O) groups is 1. The summed E-state index contributed by atoms with van der Waals surface area (Å²) in [5.74, 6) is 0.349. The fourth-order valence-corrected chi connectivity index (χ4v) is 3.54. The van der Waals surface area contributed by atoms with Crippen LogP contribution < -0.4 is 5.32 Å². The van der Waals surface area contributed by atoms with E-state index in [1.54, 1.807) is 0 Å². The average Bonchev–Trinajstić information content (AvgIpc) is 2.91. The van der Waals surface area contributed by atoms with Crippen LogP contribution in [-0.2, 0) is 0 Å². The SMILES string of the molecule is Cc1nn(-c2ccccc2)c(C)c1C(=O)NC1CCC(CO)CC1. The maximum absolute atomic E-state index is 12.7. The lowest BCUT2D eigenvalue weighted by molar-refractivity contribution is 0.0912. The van der Waals surface area contributed by atoms with Crippen LogP contribution in [0.4, 0.5) is 0 Å². The Balaban J connectivity index is 1.75. The van der Waals surface area contributed by atoms with Crippen molar-refractivity contribution in [1.29, 1.82) is 0 Å². The van der Waals surface area contributed by atoms with Crippen LogP contribution in [0.2, 0.25) is 0 Å². The van der Waals surface area contributed by atoms with E-state index in [0.29, 0.717) is 11.5 Å². The molecule has 0 bridgehead atoms. The first-order valence-corrected chi connectivity index (χ1v) is 8.63. The van der Waals surface area contributed by atoms with E-state index in [4.69, 9.17) is 0 Å². The number of aromatic nitrogens is 2. The van der Waals surface area contributed by atoms with Crippen LogP contribution in [0.15, 0.2) is 30.3 Å². The van der Waals surface area contributed by atoms with E-state index in [1.165, 1.54) is 0 Å². The molecule has 1 aliphatic carbocycles. The molecule has 1 fully saturated rings. The van der Waals surface area contributed by atoms with Crippen molar-refractivity contribution >= 4 is 5.91 Å². The Kier molecular flexibility index (Phi) is 5.00. The number of aryl methyl sites for hydroxylation is 1. The number of benzene rings is 1. The van der Waals surface area contributed by atoms with E-state index < -0.39 is 0 Å². The zero-order valence-electron chi connectivity index (χ0n) is 14.3. The molecule has 0 unspecified atom stereocenters. The number of hydrogen-bond acceptors (Lipinski definition) is 3. The van der Waals surface area contributed by atoms with Gasteiger partial charge in [0.15, 0.2) is 0 Å². The molecule has 0 saturated heterocycles. The summed E-state index contributed by atoms with van der Waals surface area (Å²) in [5, 5.41) is 16.9. The van der Waals surface area contributed by atoms with Gasteiger partial charge < -0.3 is 10.4 Å². The van der Waals surface area contributed by atoms with Crippen LogP contribution in [0.3, 0.4) is 0 Å². The molecule has 0 radical (unpaired) electrons. The van der Waals surface area contributed by atoms with Crippen molar-refractivity contribution in [2.45, 2.75) is 45.6 Å². The number of rotatable bonds is 4. The van der Waals surface area contributed by atoms with Crippen molar-refractivity contribution in [3.8, 4) is 5.69 Å². The summed E-state index contributed by atoms with van der Waals surface area (Å²) in [7, 11) is 0. The second-order valence-corrected chi connectivity index (χ2v) is 6.67. The van der Waals surface area contributed by atoms with Crippen molar-refractivity contribution in [3.05, 3.63) is 47.3 Å². The second kappa shape index (κ2) is 7.18. The van der Waals surface area contributed by atoms with Gasteiger partial charge in [-0.25, -0.2) is 4.68 Å². The number of amides is 1. The molecule has 1 aromatic heterocycles. The van der Waals surface area contributed by atoms with E-state index in [1.807, 2.05) is 48.9 Å². The number of nitrogens with one attached hydrogen (secondary N) is 1. The monoisotopic (exact) mass is 327 g/mol. The lowest BCUT2D eigenvalue weighted by Crippen LogP contribution is -2.38. The zero-order valence-corrected chi connectivity index (χ0v) is 14.3. The minimum absolute atomic E-state index is 0.0420. The molecule has 0 aliphatic heterocycles. The highest BCUT2D eigenvalue weighted by atomic mass is 16.3. The van der Waals surface area contributed by atoms with Crippen molar-refractivity contribution < 1.29 is 9.90 Å². The summed E-state index contributed by atoms with van der Waals surface area (Å²) in [6.07, 6.45) is 3.81. The largest absolute Gasteiger partial charge is 0.396 e. The van der Waals surface area contributed by atoms with Crippen LogP contribution >= 0.6 is 0 Å². The highest BCUT2D eigenvalue weighted by Crippen LogP contribution is 2.24. The molecule has 3 rings (SSSR count). The van der Waals surface area contributed by atoms with E-state index in [0.717, 1.165) is 42.8 Å². The summed E-state index contributed by atoms with van der Waals surface area (Å²) in [4.78, 5) is 12.7. The second-order valence-electron chi connectivity index (χ2n) is 6.67. The van der Waals surface area contributed by atoms with E-state index in [2.05, 4.69) is 10.4 Å². The first kappa shape index (κ1) is 16.7. The van der Waals surface area contributed by atoms with Gasteiger partial charge in [0.05, 0.1) is 22.6 Å². The van der Waals surface area contributed by atoms with Crippen molar-refractivity contribution in [3.63, 3.8) is 0 Å². The highest BCUT2D eigenvalue weighted by Gasteiger charge is 2.25. The third-order valence-corrected chi connectivity index (χ3v) is 4.96. The summed E-state index contributed by atoms with van der Waals surface area (Å²) < 4.78 is 1.83. The number of carbonyl (C=O) groups excluding carboxylic acids is 1. The molecular formula is C19H25N3O2. The normalized spacial score (nSPS) is 20.8. The van der Waals surface area contributed by atoms with Gasteiger partial charge in [-0.2, -0.15) is 5.10 Å². The van der Waals surface area contributed by atoms with Crippen LogP contribution in [0, 0.1) is 19.8 Å². The van der Waals surface area contributed by atoms with Crippen LogP contribution in [0.5, 0.6) is 0 Å². The number of aliphatic hydroxyl groups excluding tert-OH is 1. The van der Waals surface area contributed by atoms with Gasteiger partial charge in [0.2, 0.25) is 0 Å². The van der Waals surface area contributed by atoms with E-state index in [9.17, 15) is 9.90 Å². The molecule has 1 amide bonds. The van der Waals surface area contributed by atoms with Gasteiger partial charge in [-0.15, -0.1) is 0 Å². The lowest BCUT2D eigenvalue weighted by Gasteiger charge is -2.28. The highest BCUT2D eigenvalue weighted by molar-refractivity contribution is 5.96. The maximum atomic E-state index is 12.7. The predicted octanol–water partition coefficient (Wildman–Crippen LogP) is 2.77. The third kappa shape index (κ3) is 3.36. The molecular weight excluding hydrogens is 302 g/mol. The first-order chi connectivity index (χ1) is 11.6.